The number of rotatable bonds is 3. The molecule has 1 aliphatic rings. The zero-order chi connectivity index (χ0) is 11.5. The maximum Gasteiger partial charge on any atom is 0.240 e. The molecule has 1 unspecified atom stereocenters. The van der Waals surface area contributed by atoms with Crippen molar-refractivity contribution < 1.29 is 4.79 Å². The summed E-state index contributed by atoms with van der Waals surface area (Å²) in [5.41, 5.74) is 0.0603. The van der Waals surface area contributed by atoms with Crippen LogP contribution in [0.25, 0.3) is 0 Å². The third-order valence-corrected chi connectivity index (χ3v) is 3.15. The van der Waals surface area contributed by atoms with Crippen LogP contribution < -0.4 is 5.32 Å². The van der Waals surface area contributed by atoms with E-state index in [2.05, 4.69) is 25.7 Å². The monoisotopic (exact) mass is 210 g/mol. The summed E-state index contributed by atoms with van der Waals surface area (Å²) in [4.78, 5) is 13.9. The lowest BCUT2D eigenvalue weighted by molar-refractivity contribution is -0.135. The molecule has 1 aliphatic heterocycles. The predicted octanol–water partition coefficient (Wildman–Crippen LogP) is 1.41. The van der Waals surface area contributed by atoms with Gasteiger partial charge in [0.2, 0.25) is 5.91 Å². The minimum atomic E-state index is -0.0452. The number of nitrogens with one attached hydrogen (secondary N) is 1. The van der Waals surface area contributed by atoms with E-state index in [0.29, 0.717) is 6.54 Å². The van der Waals surface area contributed by atoms with E-state index in [9.17, 15) is 4.79 Å². The number of carbonyl (C=O) groups excluding carboxylic acids is 1. The summed E-state index contributed by atoms with van der Waals surface area (Å²) in [6.45, 7) is 9.53. The molecule has 1 N–H and O–H groups in total. The number of hydrogen-bond donors (Lipinski definition) is 1. The smallest absolute Gasteiger partial charge is 0.240 e. The van der Waals surface area contributed by atoms with Crippen LogP contribution in [0.15, 0.2) is 12.7 Å². The van der Waals surface area contributed by atoms with Crippen LogP contribution in [0.3, 0.4) is 0 Å². The maximum absolute atomic E-state index is 12.1. The Morgan fingerprint density at radius 2 is 2.33 bits per heavy atom. The van der Waals surface area contributed by atoms with Crippen molar-refractivity contribution in [2.75, 3.05) is 20.1 Å². The van der Waals surface area contributed by atoms with Crippen LogP contribution in [0.4, 0.5) is 0 Å². The molecule has 0 spiro atoms. The Balaban J connectivity index is 2.68. The fraction of sp³-hybridized carbons (Fsp3) is 0.750. The second-order valence-corrected chi connectivity index (χ2v) is 4.99. The summed E-state index contributed by atoms with van der Waals surface area (Å²) in [5.74, 6) is 0.180. The molecule has 86 valence electrons. The largest absolute Gasteiger partial charge is 0.341 e. The van der Waals surface area contributed by atoms with Gasteiger partial charge in [-0.05, 0) is 24.8 Å². The fourth-order valence-electron chi connectivity index (χ4n) is 2.14. The van der Waals surface area contributed by atoms with Crippen LogP contribution in [0, 0.1) is 5.41 Å². The first-order valence-corrected chi connectivity index (χ1v) is 5.58. The summed E-state index contributed by atoms with van der Waals surface area (Å²) in [7, 11) is 1.83. The average molecular weight is 210 g/mol. The van der Waals surface area contributed by atoms with Crippen LogP contribution in [0.2, 0.25) is 0 Å². The van der Waals surface area contributed by atoms with E-state index in [1.54, 1.807) is 11.0 Å². The van der Waals surface area contributed by atoms with Crippen molar-refractivity contribution in [2.24, 2.45) is 5.41 Å². The van der Waals surface area contributed by atoms with Gasteiger partial charge in [0, 0.05) is 13.6 Å². The van der Waals surface area contributed by atoms with Gasteiger partial charge in [-0.2, -0.15) is 0 Å². The van der Waals surface area contributed by atoms with Gasteiger partial charge < -0.3 is 10.2 Å². The van der Waals surface area contributed by atoms with Crippen molar-refractivity contribution in [3.63, 3.8) is 0 Å². The molecule has 0 aromatic carbocycles. The highest BCUT2D eigenvalue weighted by Crippen LogP contribution is 2.30. The summed E-state index contributed by atoms with van der Waals surface area (Å²) < 4.78 is 0. The Morgan fingerprint density at radius 3 is 2.87 bits per heavy atom. The highest BCUT2D eigenvalue weighted by molar-refractivity contribution is 5.82. The zero-order valence-corrected chi connectivity index (χ0v) is 10.0. The second kappa shape index (κ2) is 4.79. The number of nitrogens with zero attached hydrogens (tertiary/aromatic N) is 1. The van der Waals surface area contributed by atoms with E-state index in [0.717, 1.165) is 19.4 Å². The Kier molecular flexibility index (Phi) is 3.91. The van der Waals surface area contributed by atoms with Crippen molar-refractivity contribution in [2.45, 2.75) is 32.7 Å². The SMILES string of the molecule is C=CCN(C)C(=O)C1NCCCC1(C)C. The number of likely N-dealkylation sites (N-methyl/N-ethyl adjacent to an activating group) is 1. The van der Waals surface area contributed by atoms with Gasteiger partial charge in [0.1, 0.15) is 0 Å². The molecule has 1 fully saturated rings. The third kappa shape index (κ3) is 2.81. The summed E-state index contributed by atoms with van der Waals surface area (Å²) in [5, 5.41) is 3.32. The zero-order valence-electron chi connectivity index (χ0n) is 10.0. The highest BCUT2D eigenvalue weighted by atomic mass is 16.2. The first kappa shape index (κ1) is 12.2. The molecule has 0 aliphatic carbocycles. The van der Waals surface area contributed by atoms with E-state index in [1.165, 1.54) is 0 Å². The fourth-order valence-corrected chi connectivity index (χ4v) is 2.14. The van der Waals surface area contributed by atoms with Gasteiger partial charge in [-0.15, -0.1) is 6.58 Å². The van der Waals surface area contributed by atoms with E-state index in [-0.39, 0.29) is 17.4 Å². The minimum absolute atomic E-state index is 0.0452. The Morgan fingerprint density at radius 1 is 1.67 bits per heavy atom. The number of amides is 1. The van der Waals surface area contributed by atoms with Crippen LogP contribution in [0.5, 0.6) is 0 Å². The van der Waals surface area contributed by atoms with Gasteiger partial charge in [0.25, 0.3) is 0 Å². The summed E-state index contributed by atoms with van der Waals surface area (Å²) in [6, 6.07) is -0.0452. The van der Waals surface area contributed by atoms with Crippen molar-refractivity contribution in [1.29, 1.82) is 0 Å². The first-order chi connectivity index (χ1) is 6.99. The van der Waals surface area contributed by atoms with Gasteiger partial charge >= 0.3 is 0 Å². The molecule has 0 aromatic rings. The standard InChI is InChI=1S/C12H22N2O/c1-5-9-14(4)11(15)10-12(2,3)7-6-8-13-10/h5,10,13H,1,6-9H2,2-4H3. The molecular formula is C12H22N2O. The number of carbonyl (C=O) groups is 1. The van der Waals surface area contributed by atoms with Crippen molar-refractivity contribution in [1.82, 2.24) is 10.2 Å². The molecule has 0 saturated carbocycles. The van der Waals surface area contributed by atoms with Crippen LogP contribution in [0.1, 0.15) is 26.7 Å². The van der Waals surface area contributed by atoms with E-state index >= 15 is 0 Å². The number of piperidine rings is 1. The van der Waals surface area contributed by atoms with Crippen molar-refractivity contribution >= 4 is 5.91 Å². The van der Waals surface area contributed by atoms with Gasteiger partial charge in [-0.1, -0.05) is 19.9 Å². The predicted molar refractivity (Wildman–Crippen MR) is 62.6 cm³/mol. The first-order valence-electron chi connectivity index (χ1n) is 5.58. The lowest BCUT2D eigenvalue weighted by Crippen LogP contribution is -2.55. The molecule has 0 bridgehead atoms. The topological polar surface area (TPSA) is 32.3 Å². The molecule has 1 amide bonds. The van der Waals surface area contributed by atoms with E-state index in [1.807, 2.05) is 7.05 Å². The van der Waals surface area contributed by atoms with Gasteiger partial charge in [-0.25, -0.2) is 0 Å². The minimum Gasteiger partial charge on any atom is -0.341 e. The molecule has 1 heterocycles. The molecule has 0 aromatic heterocycles. The summed E-state index contributed by atoms with van der Waals surface area (Å²) >= 11 is 0. The quantitative estimate of drug-likeness (QED) is 0.714. The molecule has 3 nitrogen and oxygen atoms in total. The lowest BCUT2D eigenvalue weighted by Gasteiger charge is -2.39. The van der Waals surface area contributed by atoms with Gasteiger partial charge in [0.05, 0.1) is 6.04 Å². The van der Waals surface area contributed by atoms with Crippen molar-refractivity contribution in [3.8, 4) is 0 Å². The number of hydrogen-bond acceptors (Lipinski definition) is 2. The Labute approximate surface area is 92.5 Å². The third-order valence-electron chi connectivity index (χ3n) is 3.15. The Hall–Kier alpha value is -0.830. The molecule has 1 saturated heterocycles. The van der Waals surface area contributed by atoms with E-state index < -0.39 is 0 Å². The van der Waals surface area contributed by atoms with E-state index in [4.69, 9.17) is 0 Å². The molecular weight excluding hydrogens is 188 g/mol. The molecule has 3 heteroatoms. The molecule has 1 rings (SSSR count). The molecule has 1 atom stereocenters. The maximum atomic E-state index is 12.1. The average Bonchev–Trinajstić information content (AvgIpc) is 2.16. The van der Waals surface area contributed by atoms with Crippen LogP contribution >= 0.6 is 0 Å². The molecule has 0 radical (unpaired) electrons. The second-order valence-electron chi connectivity index (χ2n) is 4.99. The highest BCUT2D eigenvalue weighted by Gasteiger charge is 2.38. The van der Waals surface area contributed by atoms with Crippen LogP contribution in [-0.2, 0) is 4.79 Å². The Bertz CT molecular complexity index is 248. The van der Waals surface area contributed by atoms with Gasteiger partial charge in [0.15, 0.2) is 0 Å². The summed E-state index contributed by atoms with van der Waals surface area (Å²) in [6.07, 6.45) is 4.02. The normalized spacial score (nSPS) is 24.6. The molecule has 15 heavy (non-hydrogen) atoms. The lowest BCUT2D eigenvalue weighted by atomic mass is 9.77. The van der Waals surface area contributed by atoms with Crippen LogP contribution in [-0.4, -0.2) is 37.0 Å². The van der Waals surface area contributed by atoms with Gasteiger partial charge in [-0.3, -0.25) is 4.79 Å². The van der Waals surface area contributed by atoms with Crippen molar-refractivity contribution in [3.05, 3.63) is 12.7 Å².